The summed E-state index contributed by atoms with van der Waals surface area (Å²) in [5.41, 5.74) is 3.63. The van der Waals surface area contributed by atoms with Crippen LogP contribution in [0.4, 0.5) is 17.2 Å². The monoisotopic (exact) mass is 373 g/mol. The molecule has 0 saturated carbocycles. The fourth-order valence-corrected chi connectivity index (χ4v) is 3.04. The van der Waals surface area contributed by atoms with E-state index in [0.717, 1.165) is 33.7 Å². The Kier molecular flexibility index (Phi) is 4.36. The third-order valence-corrected chi connectivity index (χ3v) is 4.33. The molecule has 2 N–H and O–H groups in total. The molecule has 0 atom stereocenters. The zero-order chi connectivity index (χ0) is 19.7. The molecule has 3 heterocycles. The standard InChI is InChI=1S/C20H19N7O/c1-4-20(28)25-14-5-6-17-16(7-14)13(2)10-27(17)19-8-18(21-12-22-19)24-15-9-23-26(3)11-15/h4-12H,1H2,2-3H3,(H,25,28)(H,21,22,24). The molecule has 8 nitrogen and oxygen atoms in total. The number of hydrogen-bond acceptors (Lipinski definition) is 5. The van der Waals surface area contributed by atoms with Gasteiger partial charge in [0, 0.05) is 36.6 Å². The number of carbonyl (C=O) groups excluding carboxylic acids is 1. The Labute approximate surface area is 161 Å². The van der Waals surface area contributed by atoms with Gasteiger partial charge in [-0.2, -0.15) is 5.10 Å². The second kappa shape index (κ2) is 6.99. The van der Waals surface area contributed by atoms with Gasteiger partial charge in [0.25, 0.3) is 0 Å². The van der Waals surface area contributed by atoms with Crippen molar-refractivity contribution in [1.82, 2.24) is 24.3 Å². The first-order valence-corrected chi connectivity index (χ1v) is 8.67. The maximum Gasteiger partial charge on any atom is 0.247 e. The molecule has 0 saturated heterocycles. The van der Waals surface area contributed by atoms with Gasteiger partial charge in [-0.05, 0) is 36.8 Å². The number of aromatic nitrogens is 5. The number of anilines is 3. The molecule has 0 radical (unpaired) electrons. The maximum absolute atomic E-state index is 11.6. The van der Waals surface area contributed by atoms with E-state index < -0.39 is 0 Å². The lowest BCUT2D eigenvalue weighted by molar-refractivity contribution is -0.111. The second-order valence-electron chi connectivity index (χ2n) is 6.40. The Morgan fingerprint density at radius 3 is 2.79 bits per heavy atom. The van der Waals surface area contributed by atoms with E-state index in [0.29, 0.717) is 5.82 Å². The molecule has 4 rings (SSSR count). The van der Waals surface area contributed by atoms with Crippen molar-refractivity contribution in [2.45, 2.75) is 6.92 Å². The van der Waals surface area contributed by atoms with Gasteiger partial charge in [-0.3, -0.25) is 9.48 Å². The first-order chi connectivity index (χ1) is 13.5. The summed E-state index contributed by atoms with van der Waals surface area (Å²) in [7, 11) is 1.86. The second-order valence-corrected chi connectivity index (χ2v) is 6.40. The molecule has 0 aliphatic rings. The highest BCUT2D eigenvalue weighted by Gasteiger charge is 2.11. The minimum atomic E-state index is -0.238. The van der Waals surface area contributed by atoms with Crippen LogP contribution < -0.4 is 10.6 Å². The molecule has 28 heavy (non-hydrogen) atoms. The van der Waals surface area contributed by atoms with Crippen molar-refractivity contribution in [2.75, 3.05) is 10.6 Å². The number of hydrogen-bond donors (Lipinski definition) is 2. The number of amides is 1. The van der Waals surface area contributed by atoms with Gasteiger partial charge in [-0.15, -0.1) is 0 Å². The van der Waals surface area contributed by atoms with Crippen LogP contribution in [-0.2, 0) is 11.8 Å². The van der Waals surface area contributed by atoms with Gasteiger partial charge in [0.2, 0.25) is 5.91 Å². The maximum atomic E-state index is 11.6. The number of nitrogens with one attached hydrogen (secondary N) is 2. The van der Waals surface area contributed by atoms with E-state index in [4.69, 9.17) is 0 Å². The van der Waals surface area contributed by atoms with Gasteiger partial charge < -0.3 is 15.2 Å². The molecular formula is C20H19N7O. The van der Waals surface area contributed by atoms with Crippen LogP contribution in [0.25, 0.3) is 16.7 Å². The first kappa shape index (κ1) is 17.5. The highest BCUT2D eigenvalue weighted by molar-refractivity contribution is 6.00. The van der Waals surface area contributed by atoms with Gasteiger partial charge in [0.15, 0.2) is 0 Å². The Hall–Kier alpha value is -3.94. The lowest BCUT2D eigenvalue weighted by Gasteiger charge is -2.08. The Morgan fingerprint density at radius 1 is 1.18 bits per heavy atom. The number of aryl methyl sites for hydroxylation is 2. The molecule has 0 aliphatic carbocycles. The predicted molar refractivity (Wildman–Crippen MR) is 109 cm³/mol. The molecule has 0 spiro atoms. The summed E-state index contributed by atoms with van der Waals surface area (Å²) in [6.07, 6.45) is 8.39. The van der Waals surface area contributed by atoms with Crippen molar-refractivity contribution in [3.8, 4) is 5.82 Å². The topological polar surface area (TPSA) is 89.7 Å². The molecule has 1 aromatic carbocycles. The fourth-order valence-electron chi connectivity index (χ4n) is 3.04. The lowest BCUT2D eigenvalue weighted by Crippen LogP contribution is -2.07. The van der Waals surface area contributed by atoms with E-state index >= 15 is 0 Å². The number of rotatable bonds is 5. The molecule has 0 bridgehead atoms. The number of nitrogens with zero attached hydrogens (tertiary/aromatic N) is 5. The predicted octanol–water partition coefficient (Wildman–Crippen LogP) is 3.33. The molecule has 0 unspecified atom stereocenters. The van der Waals surface area contributed by atoms with Crippen molar-refractivity contribution >= 4 is 34.0 Å². The van der Waals surface area contributed by atoms with Gasteiger partial charge in [-0.25, -0.2) is 9.97 Å². The minimum Gasteiger partial charge on any atom is -0.338 e. The van der Waals surface area contributed by atoms with Crippen LogP contribution in [0.2, 0.25) is 0 Å². The van der Waals surface area contributed by atoms with Gasteiger partial charge >= 0.3 is 0 Å². The molecular weight excluding hydrogens is 354 g/mol. The van der Waals surface area contributed by atoms with E-state index in [-0.39, 0.29) is 5.91 Å². The Morgan fingerprint density at radius 2 is 2.04 bits per heavy atom. The van der Waals surface area contributed by atoms with Crippen LogP contribution in [0.5, 0.6) is 0 Å². The van der Waals surface area contributed by atoms with E-state index in [1.807, 2.05) is 55.2 Å². The quantitative estimate of drug-likeness (QED) is 0.524. The van der Waals surface area contributed by atoms with Crippen molar-refractivity contribution in [1.29, 1.82) is 0 Å². The largest absolute Gasteiger partial charge is 0.338 e. The first-order valence-electron chi connectivity index (χ1n) is 8.67. The van der Waals surface area contributed by atoms with Crippen molar-refractivity contribution < 1.29 is 4.79 Å². The molecule has 3 aromatic heterocycles. The van der Waals surface area contributed by atoms with Crippen LogP contribution in [0.1, 0.15) is 5.56 Å². The van der Waals surface area contributed by atoms with Gasteiger partial charge in [0.05, 0.1) is 17.4 Å². The van der Waals surface area contributed by atoms with E-state index in [2.05, 4.69) is 32.3 Å². The van der Waals surface area contributed by atoms with Gasteiger partial charge in [0.1, 0.15) is 18.0 Å². The summed E-state index contributed by atoms with van der Waals surface area (Å²) >= 11 is 0. The summed E-state index contributed by atoms with van der Waals surface area (Å²) < 4.78 is 3.72. The summed E-state index contributed by atoms with van der Waals surface area (Å²) in [5, 5.41) is 11.2. The zero-order valence-electron chi connectivity index (χ0n) is 15.5. The highest BCUT2D eigenvalue weighted by Crippen LogP contribution is 2.27. The summed E-state index contributed by atoms with van der Waals surface area (Å²) in [6.45, 7) is 5.50. The van der Waals surface area contributed by atoms with E-state index in [1.54, 1.807) is 10.9 Å². The zero-order valence-corrected chi connectivity index (χ0v) is 15.5. The Balaban J connectivity index is 1.70. The van der Waals surface area contributed by atoms with Gasteiger partial charge in [-0.1, -0.05) is 6.58 Å². The van der Waals surface area contributed by atoms with E-state index in [1.165, 1.54) is 12.4 Å². The van der Waals surface area contributed by atoms with Crippen molar-refractivity contribution in [3.05, 3.63) is 67.4 Å². The molecule has 1 amide bonds. The molecule has 0 fully saturated rings. The average Bonchev–Trinajstić information content (AvgIpc) is 3.25. The molecule has 4 aromatic rings. The lowest BCUT2D eigenvalue weighted by atomic mass is 10.2. The van der Waals surface area contributed by atoms with Crippen LogP contribution in [0.3, 0.4) is 0 Å². The van der Waals surface area contributed by atoms with Crippen LogP contribution in [-0.4, -0.2) is 30.2 Å². The number of carbonyl (C=O) groups is 1. The molecule has 0 aliphatic heterocycles. The van der Waals surface area contributed by atoms with Crippen molar-refractivity contribution in [2.24, 2.45) is 7.05 Å². The third-order valence-electron chi connectivity index (χ3n) is 4.33. The van der Waals surface area contributed by atoms with E-state index in [9.17, 15) is 4.79 Å². The van der Waals surface area contributed by atoms with Crippen LogP contribution in [0.15, 0.2) is 61.8 Å². The summed E-state index contributed by atoms with van der Waals surface area (Å²) in [6, 6.07) is 7.63. The fraction of sp³-hybridized carbons (Fsp3) is 0.100. The average molecular weight is 373 g/mol. The minimum absolute atomic E-state index is 0.238. The van der Waals surface area contributed by atoms with Crippen LogP contribution in [0, 0.1) is 6.92 Å². The summed E-state index contributed by atoms with van der Waals surface area (Å²) in [5.74, 6) is 1.17. The smallest absolute Gasteiger partial charge is 0.247 e. The molecule has 8 heteroatoms. The Bertz CT molecular complexity index is 1190. The number of benzene rings is 1. The highest BCUT2D eigenvalue weighted by atomic mass is 16.1. The normalized spacial score (nSPS) is 10.8. The SMILES string of the molecule is C=CC(=O)Nc1ccc2c(c1)c(C)cn2-c1cc(Nc2cnn(C)c2)ncn1. The third kappa shape index (κ3) is 3.35. The van der Waals surface area contributed by atoms with Crippen molar-refractivity contribution in [3.63, 3.8) is 0 Å². The molecule has 140 valence electrons. The van der Waals surface area contributed by atoms with Crippen LogP contribution >= 0.6 is 0 Å². The number of fused-ring (bicyclic) bond motifs is 1. The summed E-state index contributed by atoms with van der Waals surface area (Å²) in [4.78, 5) is 20.2.